The summed E-state index contributed by atoms with van der Waals surface area (Å²) in [5, 5.41) is 0. The van der Waals surface area contributed by atoms with Crippen LogP contribution >= 0.6 is 11.6 Å². The Morgan fingerprint density at radius 3 is 2.67 bits per heavy atom. The topological polar surface area (TPSA) is 17.1 Å². The summed E-state index contributed by atoms with van der Waals surface area (Å²) < 4.78 is 0. The number of hydrogen-bond acceptors (Lipinski definition) is 1. The highest BCUT2D eigenvalue weighted by molar-refractivity contribution is 6.30. The van der Waals surface area contributed by atoms with Crippen molar-refractivity contribution in [1.82, 2.24) is 0 Å². The van der Waals surface area contributed by atoms with Gasteiger partial charge in [-0.05, 0) is 12.3 Å². The van der Waals surface area contributed by atoms with Gasteiger partial charge in [-0.2, -0.15) is 0 Å². The van der Waals surface area contributed by atoms with Crippen molar-refractivity contribution in [2.24, 2.45) is 0 Å². The van der Waals surface area contributed by atoms with Crippen LogP contribution in [0.15, 0.2) is 0 Å². The summed E-state index contributed by atoms with van der Waals surface area (Å²) in [6.07, 6.45) is 5.61. The molecule has 0 aromatic carbocycles. The Hall–Kier alpha value is -0.480. The van der Waals surface area contributed by atoms with E-state index >= 15 is 0 Å². The fourth-order valence-electron chi connectivity index (χ4n) is 0.835. The molecular formula is C10H15ClO. The van der Waals surface area contributed by atoms with Crippen molar-refractivity contribution in [3.8, 4) is 11.8 Å². The maximum Gasteiger partial charge on any atom is 0.220 e. The van der Waals surface area contributed by atoms with E-state index < -0.39 is 0 Å². The lowest BCUT2D eigenvalue weighted by Crippen LogP contribution is -1.92. The standard InChI is InChI=1S/C10H15ClO/c1-2-3-4-5-6-7-8-10(12)9-11/h2-6,9H2,1H3. The molecule has 12 heavy (non-hydrogen) atoms. The molecule has 0 N–H and O–H groups in total. The van der Waals surface area contributed by atoms with Gasteiger partial charge in [0.1, 0.15) is 0 Å². The number of alkyl halides is 1. The van der Waals surface area contributed by atoms with Crippen LogP contribution in [0.5, 0.6) is 0 Å². The number of halogens is 1. The Morgan fingerprint density at radius 1 is 1.33 bits per heavy atom. The lowest BCUT2D eigenvalue weighted by Gasteiger charge is -1.91. The van der Waals surface area contributed by atoms with Crippen LogP contribution in [0.2, 0.25) is 0 Å². The molecule has 0 aromatic rings. The molecule has 0 rings (SSSR count). The van der Waals surface area contributed by atoms with Gasteiger partial charge in [-0.25, -0.2) is 0 Å². The first kappa shape index (κ1) is 11.5. The Kier molecular flexibility index (Phi) is 8.27. The summed E-state index contributed by atoms with van der Waals surface area (Å²) in [5.74, 6) is 5.14. The van der Waals surface area contributed by atoms with Gasteiger partial charge in [0.2, 0.25) is 5.78 Å². The lowest BCUT2D eigenvalue weighted by molar-refractivity contribution is -0.111. The SMILES string of the molecule is CCCCCCC#CC(=O)CCl. The molecule has 0 atom stereocenters. The van der Waals surface area contributed by atoms with E-state index in [1.807, 2.05) is 0 Å². The van der Waals surface area contributed by atoms with Gasteiger partial charge in [0.05, 0.1) is 5.88 Å². The van der Waals surface area contributed by atoms with Crippen molar-refractivity contribution in [3.05, 3.63) is 0 Å². The second-order valence-corrected chi connectivity index (χ2v) is 2.94. The van der Waals surface area contributed by atoms with Gasteiger partial charge in [0.25, 0.3) is 0 Å². The molecule has 1 nitrogen and oxygen atoms in total. The van der Waals surface area contributed by atoms with Crippen LogP contribution in [0.4, 0.5) is 0 Å². The van der Waals surface area contributed by atoms with Gasteiger partial charge < -0.3 is 0 Å². The minimum absolute atomic E-state index is 0.0158. The Labute approximate surface area is 79.5 Å². The quantitative estimate of drug-likeness (QED) is 0.279. The average molecular weight is 187 g/mol. The zero-order valence-corrected chi connectivity index (χ0v) is 8.28. The monoisotopic (exact) mass is 186 g/mol. The van der Waals surface area contributed by atoms with Crippen LogP contribution in [0, 0.1) is 11.8 Å². The number of rotatable bonds is 5. The molecule has 0 spiro atoms. The number of carbonyl (C=O) groups excluding carboxylic acids is 1. The van der Waals surface area contributed by atoms with E-state index in [-0.39, 0.29) is 11.7 Å². The van der Waals surface area contributed by atoms with E-state index in [4.69, 9.17) is 11.6 Å². The van der Waals surface area contributed by atoms with Crippen molar-refractivity contribution < 1.29 is 4.79 Å². The summed E-state index contributed by atoms with van der Waals surface area (Å²) >= 11 is 5.26. The second-order valence-electron chi connectivity index (χ2n) is 2.67. The molecule has 0 aromatic heterocycles. The third-order valence-corrected chi connectivity index (χ3v) is 1.75. The maximum atomic E-state index is 10.6. The molecule has 0 aliphatic heterocycles. The molecule has 0 radical (unpaired) electrons. The van der Waals surface area contributed by atoms with E-state index in [9.17, 15) is 4.79 Å². The van der Waals surface area contributed by atoms with Crippen molar-refractivity contribution in [3.63, 3.8) is 0 Å². The fraction of sp³-hybridized carbons (Fsp3) is 0.700. The first-order valence-corrected chi connectivity index (χ1v) is 4.92. The first-order valence-electron chi connectivity index (χ1n) is 4.39. The molecule has 0 heterocycles. The average Bonchev–Trinajstić information content (AvgIpc) is 2.10. The fourth-order valence-corrected chi connectivity index (χ4v) is 0.901. The van der Waals surface area contributed by atoms with Crippen LogP contribution in [-0.2, 0) is 4.79 Å². The zero-order valence-electron chi connectivity index (χ0n) is 7.53. The molecule has 0 amide bonds. The maximum absolute atomic E-state index is 10.6. The van der Waals surface area contributed by atoms with Crippen LogP contribution in [0.3, 0.4) is 0 Å². The van der Waals surface area contributed by atoms with Crippen molar-refractivity contribution in [2.45, 2.75) is 39.0 Å². The van der Waals surface area contributed by atoms with Crippen LogP contribution in [0.1, 0.15) is 39.0 Å². The van der Waals surface area contributed by atoms with Crippen LogP contribution < -0.4 is 0 Å². The van der Waals surface area contributed by atoms with Gasteiger partial charge in [-0.15, -0.1) is 11.6 Å². The molecular weight excluding hydrogens is 172 g/mol. The van der Waals surface area contributed by atoms with Gasteiger partial charge in [0, 0.05) is 6.42 Å². The highest BCUT2D eigenvalue weighted by Gasteiger charge is 1.89. The van der Waals surface area contributed by atoms with E-state index in [1.54, 1.807) is 0 Å². The van der Waals surface area contributed by atoms with Gasteiger partial charge in [-0.3, -0.25) is 4.79 Å². The van der Waals surface area contributed by atoms with Crippen molar-refractivity contribution in [2.75, 3.05) is 5.88 Å². The normalized spacial score (nSPS) is 8.83. The Morgan fingerprint density at radius 2 is 2.08 bits per heavy atom. The van der Waals surface area contributed by atoms with Gasteiger partial charge in [-0.1, -0.05) is 32.1 Å². The highest BCUT2D eigenvalue weighted by atomic mass is 35.5. The Bertz CT molecular complexity index is 176. The minimum atomic E-state index is -0.174. The molecule has 0 aliphatic carbocycles. The van der Waals surface area contributed by atoms with Crippen LogP contribution in [-0.4, -0.2) is 11.7 Å². The third kappa shape index (κ3) is 7.63. The molecule has 0 unspecified atom stereocenters. The molecule has 2 heteroatoms. The van der Waals surface area contributed by atoms with E-state index in [1.165, 1.54) is 19.3 Å². The summed E-state index contributed by atoms with van der Waals surface area (Å²) in [7, 11) is 0. The highest BCUT2D eigenvalue weighted by Crippen LogP contribution is 2.00. The van der Waals surface area contributed by atoms with E-state index in [0.29, 0.717) is 0 Å². The van der Waals surface area contributed by atoms with Crippen LogP contribution in [0.25, 0.3) is 0 Å². The van der Waals surface area contributed by atoms with Crippen molar-refractivity contribution >= 4 is 17.4 Å². The molecule has 68 valence electrons. The lowest BCUT2D eigenvalue weighted by atomic mass is 10.1. The first-order chi connectivity index (χ1) is 5.81. The van der Waals surface area contributed by atoms with E-state index in [2.05, 4.69) is 18.8 Å². The number of carbonyl (C=O) groups is 1. The molecule has 0 saturated heterocycles. The molecule has 0 bridgehead atoms. The Balaban J connectivity index is 3.27. The van der Waals surface area contributed by atoms with Crippen molar-refractivity contribution in [1.29, 1.82) is 0 Å². The number of hydrogen-bond donors (Lipinski definition) is 0. The summed E-state index contributed by atoms with van der Waals surface area (Å²) in [6, 6.07) is 0. The summed E-state index contributed by atoms with van der Waals surface area (Å²) in [6.45, 7) is 2.17. The predicted molar refractivity (Wildman–Crippen MR) is 52.3 cm³/mol. The zero-order chi connectivity index (χ0) is 9.23. The van der Waals surface area contributed by atoms with Gasteiger partial charge in [0.15, 0.2) is 0 Å². The second kappa shape index (κ2) is 8.62. The van der Waals surface area contributed by atoms with E-state index in [0.717, 1.165) is 12.8 Å². The smallest absolute Gasteiger partial charge is 0.220 e. The third-order valence-electron chi connectivity index (χ3n) is 1.50. The predicted octanol–water partition coefficient (Wildman–Crippen LogP) is 2.77. The summed E-state index contributed by atoms with van der Waals surface area (Å²) in [4.78, 5) is 10.6. The molecule has 0 fully saturated rings. The van der Waals surface area contributed by atoms with Gasteiger partial charge >= 0.3 is 0 Å². The summed E-state index contributed by atoms with van der Waals surface area (Å²) in [5.41, 5.74) is 0. The largest absolute Gasteiger partial charge is 0.284 e. The minimum Gasteiger partial charge on any atom is -0.284 e. The molecule has 0 saturated carbocycles. The number of Topliss-reactive ketones (excluding diaryl/α,β-unsaturated/α-hetero) is 1. The molecule has 0 aliphatic rings. The number of ketones is 1. The number of unbranched alkanes of at least 4 members (excludes halogenated alkanes) is 4.